The number of aromatic nitrogens is 2. The van der Waals surface area contributed by atoms with Crippen molar-refractivity contribution in [1.82, 2.24) is 14.7 Å². The molecule has 4 aliphatic carbocycles. The number of hydrogen-bond acceptors (Lipinski definition) is 2. The highest BCUT2D eigenvalue weighted by atomic mass is 79.9. The van der Waals surface area contributed by atoms with Crippen LogP contribution in [0.1, 0.15) is 50.5 Å². The summed E-state index contributed by atoms with van der Waals surface area (Å²) in [6.45, 7) is 0.619. The summed E-state index contributed by atoms with van der Waals surface area (Å²) in [6.07, 6.45) is 12.3. The minimum Gasteiger partial charge on any atom is -0.341 e. The number of carbonyl (C=O) groups excluding carboxylic acids is 1. The number of halogens is 1. The molecule has 4 nitrogen and oxygen atoms in total. The minimum absolute atomic E-state index is 0.229. The average molecular weight is 442 g/mol. The highest BCUT2D eigenvalue weighted by molar-refractivity contribution is 9.10. The molecular weight excluding hydrogens is 414 g/mol. The van der Waals surface area contributed by atoms with Gasteiger partial charge in [-0.15, -0.1) is 0 Å². The average Bonchev–Trinajstić information content (AvgIpc) is 3.08. The molecule has 2 atom stereocenters. The van der Waals surface area contributed by atoms with Crippen LogP contribution in [0.2, 0.25) is 0 Å². The first-order chi connectivity index (χ1) is 13.4. The maximum Gasteiger partial charge on any atom is 0.223 e. The van der Waals surface area contributed by atoms with Crippen molar-refractivity contribution < 1.29 is 4.79 Å². The zero-order chi connectivity index (χ0) is 19.4. The van der Waals surface area contributed by atoms with Crippen LogP contribution in [0.3, 0.4) is 0 Å². The summed E-state index contributed by atoms with van der Waals surface area (Å²) in [7, 11) is 1.94. The Balaban J connectivity index is 1.25. The van der Waals surface area contributed by atoms with Gasteiger partial charge in [-0.05, 0) is 67.9 Å². The third-order valence-electron chi connectivity index (χ3n) is 7.14. The zero-order valence-electron chi connectivity index (χ0n) is 16.5. The number of alkyl halides is 1. The van der Waals surface area contributed by atoms with E-state index in [0.29, 0.717) is 17.3 Å². The fourth-order valence-electron chi connectivity index (χ4n) is 6.52. The van der Waals surface area contributed by atoms with Gasteiger partial charge in [0.05, 0.1) is 11.9 Å². The van der Waals surface area contributed by atoms with Crippen LogP contribution in [-0.4, -0.2) is 32.0 Å². The summed E-state index contributed by atoms with van der Waals surface area (Å²) in [5.74, 6) is 1.93. The van der Waals surface area contributed by atoms with Gasteiger partial charge in [-0.1, -0.05) is 34.1 Å². The number of nitrogens with zero attached hydrogens (tertiary/aromatic N) is 3. The maximum absolute atomic E-state index is 13.1. The van der Waals surface area contributed by atoms with Crippen LogP contribution in [0, 0.1) is 17.3 Å². The Kier molecular flexibility index (Phi) is 4.42. The molecule has 4 saturated carbocycles. The molecule has 1 aromatic heterocycles. The molecule has 0 N–H and O–H groups in total. The number of para-hydroxylation sites is 1. The lowest BCUT2D eigenvalue weighted by molar-refractivity contribution is -0.137. The lowest BCUT2D eigenvalue weighted by Gasteiger charge is -2.60. The third-order valence-corrected chi connectivity index (χ3v) is 8.07. The lowest BCUT2D eigenvalue weighted by atomic mass is 9.48. The van der Waals surface area contributed by atoms with Gasteiger partial charge in [0.2, 0.25) is 5.91 Å². The summed E-state index contributed by atoms with van der Waals surface area (Å²) in [5, 5.41) is 4.46. The summed E-state index contributed by atoms with van der Waals surface area (Å²) in [5.41, 5.74) is 2.34. The van der Waals surface area contributed by atoms with Gasteiger partial charge < -0.3 is 4.90 Å². The number of rotatable bonds is 5. The van der Waals surface area contributed by atoms with Crippen molar-refractivity contribution in [1.29, 1.82) is 0 Å². The summed E-state index contributed by atoms with van der Waals surface area (Å²) < 4.78 is 2.19. The standard InChI is InChI=1S/C23H28BrN3O/c1-26(14-19-13-25-27(15-19)20-5-3-2-4-6-20)21(28)12-22-8-17-7-18(9-22)11-23(24,10-17)16-22/h2-6,13,15,17-18H,7-12,14,16H2,1H3. The minimum atomic E-state index is 0.229. The van der Waals surface area contributed by atoms with E-state index in [2.05, 4.69) is 21.0 Å². The van der Waals surface area contributed by atoms with E-state index < -0.39 is 0 Å². The van der Waals surface area contributed by atoms with E-state index in [1.807, 2.05) is 59.4 Å². The van der Waals surface area contributed by atoms with E-state index in [1.165, 1.54) is 38.5 Å². The molecule has 2 aromatic rings. The molecule has 0 saturated heterocycles. The predicted octanol–water partition coefficient (Wildman–Crippen LogP) is 4.95. The molecular formula is C23H28BrN3O. The Bertz CT molecular complexity index is 863. The normalized spacial score (nSPS) is 33.2. The molecule has 0 spiro atoms. The van der Waals surface area contributed by atoms with Gasteiger partial charge in [0, 0.05) is 36.1 Å². The number of amides is 1. The summed E-state index contributed by atoms with van der Waals surface area (Å²) in [4.78, 5) is 15.0. The van der Waals surface area contributed by atoms with Crippen molar-refractivity contribution >= 4 is 21.8 Å². The Morgan fingerprint density at radius 2 is 1.93 bits per heavy atom. The molecule has 4 bridgehead atoms. The first-order valence-electron chi connectivity index (χ1n) is 10.4. The molecule has 1 aromatic carbocycles. The number of carbonyl (C=O) groups is 1. The predicted molar refractivity (Wildman–Crippen MR) is 113 cm³/mol. The number of benzene rings is 1. The topological polar surface area (TPSA) is 38.1 Å². The largest absolute Gasteiger partial charge is 0.341 e. The second-order valence-corrected chi connectivity index (χ2v) is 11.3. The van der Waals surface area contributed by atoms with Crippen molar-refractivity contribution in [3.8, 4) is 5.69 Å². The van der Waals surface area contributed by atoms with E-state index in [9.17, 15) is 4.79 Å². The van der Waals surface area contributed by atoms with Crippen LogP contribution in [0.25, 0.3) is 5.69 Å². The van der Waals surface area contributed by atoms with Gasteiger partial charge in [-0.3, -0.25) is 4.79 Å². The SMILES string of the molecule is CN(Cc1cnn(-c2ccccc2)c1)C(=O)CC12CC3CC(CC(Br)(C3)C1)C2. The molecule has 1 heterocycles. The van der Waals surface area contributed by atoms with Gasteiger partial charge in [0.25, 0.3) is 0 Å². The molecule has 5 heteroatoms. The van der Waals surface area contributed by atoms with Crippen LogP contribution >= 0.6 is 15.9 Å². The highest BCUT2D eigenvalue weighted by Crippen LogP contribution is 2.65. The molecule has 0 aliphatic heterocycles. The Hall–Kier alpha value is -1.62. The smallest absolute Gasteiger partial charge is 0.223 e. The zero-order valence-corrected chi connectivity index (χ0v) is 18.1. The van der Waals surface area contributed by atoms with Crippen molar-refractivity contribution in [2.75, 3.05) is 7.05 Å². The molecule has 148 valence electrons. The molecule has 28 heavy (non-hydrogen) atoms. The van der Waals surface area contributed by atoms with E-state index in [4.69, 9.17) is 0 Å². The molecule has 0 radical (unpaired) electrons. The van der Waals surface area contributed by atoms with Crippen molar-refractivity contribution in [2.24, 2.45) is 17.3 Å². The van der Waals surface area contributed by atoms with E-state index in [-0.39, 0.29) is 11.3 Å². The summed E-state index contributed by atoms with van der Waals surface area (Å²) >= 11 is 4.06. The first kappa shape index (κ1) is 18.4. The number of hydrogen-bond donors (Lipinski definition) is 0. The van der Waals surface area contributed by atoms with Crippen LogP contribution in [-0.2, 0) is 11.3 Å². The van der Waals surface area contributed by atoms with Gasteiger partial charge >= 0.3 is 0 Å². The van der Waals surface area contributed by atoms with Crippen molar-refractivity contribution in [3.05, 3.63) is 48.3 Å². The third kappa shape index (κ3) is 3.42. The molecule has 2 unspecified atom stereocenters. The monoisotopic (exact) mass is 441 g/mol. The quantitative estimate of drug-likeness (QED) is 0.615. The lowest BCUT2D eigenvalue weighted by Crippen LogP contribution is -2.54. The Morgan fingerprint density at radius 3 is 2.61 bits per heavy atom. The Morgan fingerprint density at radius 1 is 1.21 bits per heavy atom. The van der Waals surface area contributed by atoms with Crippen LogP contribution in [0.4, 0.5) is 0 Å². The van der Waals surface area contributed by atoms with Crippen LogP contribution < -0.4 is 0 Å². The van der Waals surface area contributed by atoms with E-state index >= 15 is 0 Å². The molecule has 1 amide bonds. The van der Waals surface area contributed by atoms with Gasteiger partial charge in [0.15, 0.2) is 0 Å². The molecule has 4 fully saturated rings. The second-order valence-electron chi connectivity index (χ2n) is 9.67. The van der Waals surface area contributed by atoms with E-state index in [1.54, 1.807) is 0 Å². The maximum atomic E-state index is 13.1. The second kappa shape index (κ2) is 6.72. The fourth-order valence-corrected chi connectivity index (χ4v) is 8.03. The molecule has 6 rings (SSSR count). The fraction of sp³-hybridized carbons (Fsp3) is 0.565. The van der Waals surface area contributed by atoms with E-state index in [0.717, 1.165) is 23.1 Å². The first-order valence-corrected chi connectivity index (χ1v) is 11.2. The van der Waals surface area contributed by atoms with Gasteiger partial charge in [-0.2, -0.15) is 5.10 Å². The van der Waals surface area contributed by atoms with Gasteiger partial charge in [-0.25, -0.2) is 4.68 Å². The van der Waals surface area contributed by atoms with Crippen LogP contribution in [0.15, 0.2) is 42.7 Å². The van der Waals surface area contributed by atoms with Crippen LogP contribution in [0.5, 0.6) is 0 Å². The highest BCUT2D eigenvalue weighted by Gasteiger charge is 2.57. The van der Waals surface area contributed by atoms with Crippen molar-refractivity contribution in [2.45, 2.75) is 55.8 Å². The molecule has 4 aliphatic rings. The summed E-state index contributed by atoms with van der Waals surface area (Å²) in [6, 6.07) is 10.1. The van der Waals surface area contributed by atoms with Crippen molar-refractivity contribution in [3.63, 3.8) is 0 Å². The Labute approximate surface area is 175 Å². The van der Waals surface area contributed by atoms with Gasteiger partial charge in [0.1, 0.15) is 0 Å².